The quantitative estimate of drug-likeness (QED) is 0.410. The summed E-state index contributed by atoms with van der Waals surface area (Å²) in [5.41, 5.74) is 9.14. The van der Waals surface area contributed by atoms with Gasteiger partial charge in [0.25, 0.3) is 5.91 Å². The highest BCUT2D eigenvalue weighted by molar-refractivity contribution is 6.47. The number of anilines is 1. The van der Waals surface area contributed by atoms with Crippen molar-refractivity contribution in [2.45, 2.75) is 25.8 Å². The van der Waals surface area contributed by atoms with Crippen LogP contribution in [0, 0.1) is 0 Å². The number of ketones is 1. The number of hydrogen-bond acceptors (Lipinski definition) is 6. The molecule has 2 aromatic carbocycles. The normalized spacial score (nSPS) is 15.8. The molecule has 0 saturated heterocycles. The van der Waals surface area contributed by atoms with Crippen LogP contribution >= 0.6 is 0 Å². The van der Waals surface area contributed by atoms with E-state index in [0.29, 0.717) is 35.5 Å². The number of fused-ring (bicyclic) bond motifs is 1. The second kappa shape index (κ2) is 8.04. The molecule has 1 atom stereocenters. The second-order valence-corrected chi connectivity index (χ2v) is 7.29. The van der Waals surface area contributed by atoms with Crippen LogP contribution in [0.1, 0.15) is 38.8 Å². The van der Waals surface area contributed by atoms with Crippen LogP contribution in [0.25, 0.3) is 0 Å². The Morgan fingerprint density at radius 2 is 2.07 bits per heavy atom. The average Bonchev–Trinajstić information content (AvgIpc) is 2.63. The van der Waals surface area contributed by atoms with Gasteiger partial charge in [-0.25, -0.2) is 0 Å². The zero-order valence-electron chi connectivity index (χ0n) is 16.2. The number of carbonyl (C=O) groups excluding carboxylic acids is 2. The molecule has 1 aliphatic rings. The molecule has 0 unspecified atom stereocenters. The molecule has 3 rings (SSSR count). The second-order valence-electron chi connectivity index (χ2n) is 7.29. The molecule has 7 nitrogen and oxygen atoms in total. The lowest BCUT2D eigenvalue weighted by Crippen LogP contribution is -2.53. The van der Waals surface area contributed by atoms with Crippen molar-refractivity contribution < 1.29 is 19.3 Å². The first kappa shape index (κ1) is 19.9. The molecule has 2 aromatic rings. The van der Waals surface area contributed by atoms with Gasteiger partial charge in [0.15, 0.2) is 5.78 Å². The summed E-state index contributed by atoms with van der Waals surface area (Å²) in [6.07, 6.45) is 0.359. The lowest BCUT2D eigenvalue weighted by molar-refractivity contribution is 0.0938. The van der Waals surface area contributed by atoms with Crippen molar-refractivity contribution >= 4 is 24.5 Å². The molecule has 0 fully saturated rings. The average molecular weight is 381 g/mol. The number of benzene rings is 2. The molecular weight excluding hydrogens is 357 g/mol. The first-order chi connectivity index (χ1) is 13.3. The van der Waals surface area contributed by atoms with Crippen LogP contribution in [-0.2, 0) is 13.0 Å². The maximum atomic E-state index is 12.6. The minimum Gasteiger partial charge on any atom is -0.534 e. The van der Waals surface area contributed by atoms with Crippen LogP contribution in [0.5, 0.6) is 5.75 Å². The third-order valence-corrected chi connectivity index (χ3v) is 4.71. The number of Topliss-reactive ketones (excluding diaryl/α,β-unsaturated/α-hetero) is 1. The topological polar surface area (TPSA) is 105 Å². The Bertz CT molecular complexity index is 916. The fourth-order valence-electron chi connectivity index (χ4n) is 3.30. The van der Waals surface area contributed by atoms with Crippen molar-refractivity contribution in [3.05, 3.63) is 58.7 Å². The molecule has 0 aliphatic carbocycles. The van der Waals surface area contributed by atoms with Gasteiger partial charge in [-0.3, -0.25) is 9.59 Å². The number of carbonyl (C=O) groups is 2. The molecule has 0 spiro atoms. The highest BCUT2D eigenvalue weighted by atomic mass is 16.5. The van der Waals surface area contributed by atoms with Crippen LogP contribution in [0.15, 0.2) is 36.4 Å². The van der Waals surface area contributed by atoms with Gasteiger partial charge in [0, 0.05) is 17.8 Å². The monoisotopic (exact) mass is 381 g/mol. The minimum absolute atomic E-state index is 0.139. The van der Waals surface area contributed by atoms with Crippen LogP contribution in [0.4, 0.5) is 5.69 Å². The molecular formula is C20H24BN3O4. The van der Waals surface area contributed by atoms with Crippen LogP contribution in [0.2, 0.25) is 0 Å². The lowest BCUT2D eigenvalue weighted by Gasteiger charge is -2.29. The Morgan fingerprint density at radius 1 is 1.32 bits per heavy atom. The van der Waals surface area contributed by atoms with Crippen LogP contribution in [-0.4, -0.2) is 48.8 Å². The Labute approximate surface area is 164 Å². The van der Waals surface area contributed by atoms with Crippen molar-refractivity contribution in [2.75, 3.05) is 19.8 Å². The predicted octanol–water partition coefficient (Wildman–Crippen LogP) is 1.29. The predicted molar refractivity (Wildman–Crippen MR) is 108 cm³/mol. The van der Waals surface area contributed by atoms with E-state index in [1.54, 1.807) is 24.3 Å². The largest absolute Gasteiger partial charge is 0.547 e. The van der Waals surface area contributed by atoms with Gasteiger partial charge in [-0.15, -0.1) is 0 Å². The van der Waals surface area contributed by atoms with E-state index in [2.05, 4.69) is 5.32 Å². The van der Waals surface area contributed by atoms with E-state index in [4.69, 9.17) is 10.4 Å². The highest BCUT2D eigenvalue weighted by Gasteiger charge is 2.37. The number of para-hydroxylation sites is 1. The van der Waals surface area contributed by atoms with Gasteiger partial charge in [-0.05, 0) is 56.8 Å². The Morgan fingerprint density at radius 3 is 2.71 bits per heavy atom. The fourth-order valence-corrected chi connectivity index (χ4v) is 3.30. The zero-order chi connectivity index (χ0) is 20.4. The van der Waals surface area contributed by atoms with E-state index in [0.717, 1.165) is 11.1 Å². The van der Waals surface area contributed by atoms with E-state index in [1.165, 1.54) is 6.92 Å². The Balaban J connectivity index is 1.75. The minimum atomic E-state index is -1.25. The molecule has 0 saturated carbocycles. The summed E-state index contributed by atoms with van der Waals surface area (Å²) in [5, 5.41) is 13.1. The molecule has 0 bridgehead atoms. The van der Waals surface area contributed by atoms with Crippen LogP contribution < -0.4 is 15.7 Å². The van der Waals surface area contributed by atoms with Crippen molar-refractivity contribution in [3.63, 3.8) is 0 Å². The van der Waals surface area contributed by atoms with Gasteiger partial charge in [0.1, 0.15) is 5.75 Å². The zero-order valence-corrected chi connectivity index (χ0v) is 16.2. The smallest absolute Gasteiger partial charge is 0.534 e. The van der Waals surface area contributed by atoms with Gasteiger partial charge in [-0.2, -0.15) is 0 Å². The third-order valence-electron chi connectivity index (χ3n) is 4.71. The van der Waals surface area contributed by atoms with E-state index >= 15 is 0 Å². The third kappa shape index (κ3) is 4.18. The van der Waals surface area contributed by atoms with Crippen molar-refractivity contribution in [2.24, 2.45) is 0 Å². The van der Waals surface area contributed by atoms with Gasteiger partial charge in [0.2, 0.25) is 0 Å². The van der Waals surface area contributed by atoms with E-state index in [1.807, 2.05) is 31.1 Å². The van der Waals surface area contributed by atoms with Crippen molar-refractivity contribution in [1.29, 1.82) is 0 Å². The molecule has 8 heteroatoms. The summed E-state index contributed by atoms with van der Waals surface area (Å²) in [4.78, 5) is 26.4. The molecule has 0 aromatic heterocycles. The van der Waals surface area contributed by atoms with Crippen molar-refractivity contribution in [3.8, 4) is 5.75 Å². The first-order valence-electron chi connectivity index (χ1n) is 9.08. The number of nitrogens with two attached hydrogens (primary N) is 1. The fraction of sp³-hybridized carbons (Fsp3) is 0.300. The number of rotatable bonds is 5. The van der Waals surface area contributed by atoms with Gasteiger partial charge < -0.3 is 25.6 Å². The first-order valence-corrected chi connectivity index (χ1v) is 9.08. The van der Waals surface area contributed by atoms with Crippen molar-refractivity contribution in [1.82, 2.24) is 10.2 Å². The molecule has 1 heterocycles. The van der Waals surface area contributed by atoms with Gasteiger partial charge in [-0.1, -0.05) is 18.2 Å². The number of nitrogens with zero attached hydrogens (tertiary/aromatic N) is 1. The van der Waals surface area contributed by atoms with E-state index in [9.17, 15) is 14.6 Å². The Kier molecular flexibility index (Phi) is 5.72. The summed E-state index contributed by atoms with van der Waals surface area (Å²) < 4.78 is 5.55. The standard InChI is InChI=1S/C20H24BN3O4/c1-12(25)16-6-4-5-13-10-18(21(27)28-19(13)16)23-20(26)14-7-8-15(11-24(2)3)17(22)9-14/h4-9,18,27H,10-11,22H2,1-3H3,(H,23,26)/t18-/m0/s1. The van der Waals surface area contributed by atoms with Crippen LogP contribution in [0.3, 0.4) is 0 Å². The molecule has 146 valence electrons. The number of nitrogens with one attached hydrogen (secondary N) is 1. The lowest BCUT2D eigenvalue weighted by atomic mass is 9.72. The summed E-state index contributed by atoms with van der Waals surface area (Å²) >= 11 is 0. The number of hydrogen-bond donors (Lipinski definition) is 3. The van der Waals surface area contributed by atoms with Gasteiger partial charge >= 0.3 is 7.12 Å². The van der Waals surface area contributed by atoms with Gasteiger partial charge in [0.05, 0.1) is 11.5 Å². The number of nitrogen functional groups attached to an aromatic ring is 1. The van der Waals surface area contributed by atoms with E-state index in [-0.39, 0.29) is 11.7 Å². The molecule has 28 heavy (non-hydrogen) atoms. The summed E-state index contributed by atoms with van der Waals surface area (Å²) in [6.45, 7) is 2.13. The maximum Gasteiger partial charge on any atom is 0.547 e. The highest BCUT2D eigenvalue weighted by Crippen LogP contribution is 2.30. The SMILES string of the molecule is CC(=O)c1cccc2c1OB(O)[C@@H](NC(=O)c1ccc(CN(C)C)c(N)c1)C2. The molecule has 1 amide bonds. The number of amides is 1. The Hall–Kier alpha value is -2.84. The summed E-state index contributed by atoms with van der Waals surface area (Å²) in [6, 6.07) is 10.4. The molecule has 1 aliphatic heterocycles. The summed E-state index contributed by atoms with van der Waals surface area (Å²) in [5.74, 6) is -0.739. The van der Waals surface area contributed by atoms with E-state index < -0.39 is 13.1 Å². The maximum absolute atomic E-state index is 12.6. The summed E-state index contributed by atoms with van der Waals surface area (Å²) in [7, 11) is 2.64. The molecule has 4 N–H and O–H groups in total. The molecule has 0 radical (unpaired) electrons.